The molecular formula is C19H14O4. The number of hydrogen-bond donors (Lipinski definition) is 0. The second-order valence-electron chi connectivity index (χ2n) is 4.98. The van der Waals surface area contributed by atoms with Crippen LogP contribution in [-0.2, 0) is 14.3 Å². The zero-order valence-corrected chi connectivity index (χ0v) is 12.5. The van der Waals surface area contributed by atoms with Crippen molar-refractivity contribution in [3.63, 3.8) is 0 Å². The van der Waals surface area contributed by atoms with Gasteiger partial charge in [0.1, 0.15) is 5.76 Å². The second kappa shape index (κ2) is 6.32. The van der Waals surface area contributed by atoms with Crippen LogP contribution in [0, 0.1) is 0 Å². The van der Waals surface area contributed by atoms with Crippen molar-refractivity contribution in [2.45, 2.75) is 0 Å². The van der Waals surface area contributed by atoms with E-state index in [4.69, 9.17) is 4.74 Å². The minimum atomic E-state index is -0.393. The molecule has 114 valence electrons. The van der Waals surface area contributed by atoms with E-state index in [0.29, 0.717) is 16.9 Å². The number of cyclic esters (lactones) is 1. The molecule has 0 spiro atoms. The van der Waals surface area contributed by atoms with Crippen LogP contribution in [0.5, 0.6) is 0 Å². The number of carbonyl (C=O) groups is 2. The number of benzene rings is 2. The van der Waals surface area contributed by atoms with Gasteiger partial charge in [0, 0.05) is 5.56 Å². The van der Waals surface area contributed by atoms with E-state index in [1.54, 1.807) is 36.4 Å². The maximum absolute atomic E-state index is 12.0. The lowest BCUT2D eigenvalue weighted by molar-refractivity contribution is -0.130. The Morgan fingerprint density at radius 1 is 1.04 bits per heavy atom. The predicted octanol–water partition coefficient (Wildman–Crippen LogP) is 3.45. The van der Waals surface area contributed by atoms with Gasteiger partial charge in [-0.2, -0.15) is 0 Å². The lowest BCUT2D eigenvalue weighted by atomic mass is 10.1. The topological polar surface area (TPSA) is 52.6 Å². The van der Waals surface area contributed by atoms with Gasteiger partial charge in [-0.3, -0.25) is 0 Å². The van der Waals surface area contributed by atoms with Crippen molar-refractivity contribution in [3.05, 3.63) is 82.9 Å². The second-order valence-corrected chi connectivity index (χ2v) is 4.98. The Hall–Kier alpha value is -3.14. The molecule has 0 saturated heterocycles. The molecule has 0 unspecified atom stereocenters. The highest BCUT2D eigenvalue weighted by Crippen LogP contribution is 2.27. The van der Waals surface area contributed by atoms with Gasteiger partial charge in [0.25, 0.3) is 0 Å². The molecule has 0 bridgehead atoms. The lowest BCUT2D eigenvalue weighted by Crippen LogP contribution is -2.00. The Labute approximate surface area is 133 Å². The zero-order valence-electron chi connectivity index (χ0n) is 12.5. The molecule has 23 heavy (non-hydrogen) atoms. The van der Waals surface area contributed by atoms with Gasteiger partial charge in [-0.15, -0.1) is 0 Å². The first-order chi connectivity index (χ1) is 11.2. The fourth-order valence-electron chi connectivity index (χ4n) is 2.25. The molecule has 0 N–H and O–H groups in total. The van der Waals surface area contributed by atoms with Gasteiger partial charge in [0.2, 0.25) is 0 Å². The van der Waals surface area contributed by atoms with Gasteiger partial charge in [0.15, 0.2) is 0 Å². The van der Waals surface area contributed by atoms with Crippen LogP contribution in [0.3, 0.4) is 0 Å². The molecule has 4 heteroatoms. The lowest BCUT2D eigenvalue weighted by Gasteiger charge is -2.00. The van der Waals surface area contributed by atoms with E-state index in [0.717, 1.165) is 11.1 Å². The summed E-state index contributed by atoms with van der Waals surface area (Å²) in [5.41, 5.74) is 2.58. The summed E-state index contributed by atoms with van der Waals surface area (Å²) in [6.45, 7) is 0. The number of carbonyl (C=O) groups excluding carboxylic acids is 2. The highest BCUT2D eigenvalue weighted by Gasteiger charge is 2.21. The first kappa shape index (κ1) is 14.8. The molecule has 0 aromatic heterocycles. The van der Waals surface area contributed by atoms with Gasteiger partial charge in [-0.25, -0.2) is 9.59 Å². The maximum atomic E-state index is 12.0. The van der Waals surface area contributed by atoms with E-state index in [1.807, 2.05) is 30.3 Å². The van der Waals surface area contributed by atoms with Crippen LogP contribution in [0.4, 0.5) is 0 Å². The molecule has 0 radical (unpaired) electrons. The van der Waals surface area contributed by atoms with E-state index in [1.165, 1.54) is 7.11 Å². The van der Waals surface area contributed by atoms with Gasteiger partial charge in [0.05, 0.1) is 18.2 Å². The monoisotopic (exact) mass is 306 g/mol. The van der Waals surface area contributed by atoms with Crippen LogP contribution >= 0.6 is 0 Å². The van der Waals surface area contributed by atoms with Crippen LogP contribution in [-0.4, -0.2) is 19.0 Å². The van der Waals surface area contributed by atoms with E-state index >= 15 is 0 Å². The molecular weight excluding hydrogens is 292 g/mol. The molecule has 1 aliphatic rings. The van der Waals surface area contributed by atoms with Crippen LogP contribution in [0.1, 0.15) is 21.5 Å². The van der Waals surface area contributed by atoms with E-state index in [9.17, 15) is 9.59 Å². The van der Waals surface area contributed by atoms with E-state index in [2.05, 4.69) is 4.74 Å². The van der Waals surface area contributed by atoms with Crippen LogP contribution in [0.2, 0.25) is 0 Å². The molecule has 2 aromatic rings. The van der Waals surface area contributed by atoms with Gasteiger partial charge >= 0.3 is 11.9 Å². The smallest absolute Gasteiger partial charge is 0.343 e. The van der Waals surface area contributed by atoms with E-state index < -0.39 is 5.97 Å². The normalized spacial score (nSPS) is 15.3. The third-order valence-corrected chi connectivity index (χ3v) is 3.44. The van der Waals surface area contributed by atoms with Crippen LogP contribution in [0.25, 0.3) is 11.8 Å². The first-order valence-corrected chi connectivity index (χ1v) is 7.07. The average Bonchev–Trinajstić information content (AvgIpc) is 2.96. The van der Waals surface area contributed by atoms with Gasteiger partial charge in [-0.1, -0.05) is 42.5 Å². The molecule has 0 saturated carbocycles. The third-order valence-electron chi connectivity index (χ3n) is 3.44. The zero-order chi connectivity index (χ0) is 16.2. The largest absolute Gasteiger partial charge is 0.465 e. The number of ether oxygens (including phenoxy) is 2. The fraction of sp³-hybridized carbons (Fsp3) is 0.0526. The quantitative estimate of drug-likeness (QED) is 0.644. The number of rotatable bonds is 3. The summed E-state index contributed by atoms with van der Waals surface area (Å²) in [6.07, 6.45) is 3.44. The Morgan fingerprint density at radius 3 is 2.39 bits per heavy atom. The standard InChI is InChI=1S/C19H14O4/c1-22-18(20)15-9-7-13(8-10-15)11-16-12-17(23-19(16)21)14-5-3-2-4-6-14/h2-12H,1H3/b16-11+. The van der Waals surface area contributed by atoms with Crippen molar-refractivity contribution in [1.82, 2.24) is 0 Å². The molecule has 1 heterocycles. The average molecular weight is 306 g/mol. The summed E-state index contributed by atoms with van der Waals surface area (Å²) >= 11 is 0. The first-order valence-electron chi connectivity index (χ1n) is 7.07. The molecule has 0 fully saturated rings. The molecule has 0 aliphatic carbocycles. The minimum Gasteiger partial charge on any atom is -0.465 e. The Kier molecular flexibility index (Phi) is 4.06. The Morgan fingerprint density at radius 2 is 1.74 bits per heavy atom. The molecule has 4 nitrogen and oxygen atoms in total. The van der Waals surface area contributed by atoms with Crippen molar-refractivity contribution in [2.24, 2.45) is 0 Å². The molecule has 3 rings (SSSR count). The van der Waals surface area contributed by atoms with Crippen molar-refractivity contribution in [2.75, 3.05) is 7.11 Å². The fourth-order valence-corrected chi connectivity index (χ4v) is 2.25. The highest BCUT2D eigenvalue weighted by molar-refractivity contribution is 6.05. The minimum absolute atomic E-state index is 0.388. The van der Waals surface area contributed by atoms with E-state index in [-0.39, 0.29) is 5.97 Å². The SMILES string of the molecule is COC(=O)c1ccc(/C=C2\C=C(c3ccccc3)OC2=O)cc1. The van der Waals surface area contributed by atoms with Gasteiger partial charge in [-0.05, 0) is 29.8 Å². The van der Waals surface area contributed by atoms with Gasteiger partial charge < -0.3 is 9.47 Å². The molecule has 1 aliphatic heterocycles. The van der Waals surface area contributed by atoms with Crippen molar-refractivity contribution in [1.29, 1.82) is 0 Å². The molecule has 2 aromatic carbocycles. The number of esters is 2. The summed E-state index contributed by atoms with van der Waals surface area (Å²) in [5.74, 6) is -0.246. The number of methoxy groups -OCH3 is 1. The van der Waals surface area contributed by atoms with Crippen molar-refractivity contribution < 1.29 is 19.1 Å². The summed E-state index contributed by atoms with van der Waals surface area (Å²) in [4.78, 5) is 23.4. The predicted molar refractivity (Wildman–Crippen MR) is 86.3 cm³/mol. The van der Waals surface area contributed by atoms with Crippen LogP contribution < -0.4 is 0 Å². The highest BCUT2D eigenvalue weighted by atomic mass is 16.5. The molecule has 0 amide bonds. The summed E-state index contributed by atoms with van der Waals surface area (Å²) in [6, 6.07) is 16.2. The Bertz CT molecular complexity index is 799. The van der Waals surface area contributed by atoms with Crippen molar-refractivity contribution in [3.8, 4) is 0 Å². The summed E-state index contributed by atoms with van der Waals surface area (Å²) < 4.78 is 9.94. The Balaban J connectivity index is 1.86. The summed E-state index contributed by atoms with van der Waals surface area (Å²) in [7, 11) is 1.34. The van der Waals surface area contributed by atoms with Crippen LogP contribution in [0.15, 0.2) is 66.2 Å². The molecule has 0 atom stereocenters. The third kappa shape index (κ3) is 3.21. The maximum Gasteiger partial charge on any atom is 0.343 e. The summed E-state index contributed by atoms with van der Waals surface area (Å²) in [5, 5.41) is 0. The number of hydrogen-bond acceptors (Lipinski definition) is 4. The van der Waals surface area contributed by atoms with Crippen molar-refractivity contribution >= 4 is 23.8 Å².